The van der Waals surface area contributed by atoms with E-state index in [4.69, 9.17) is 4.98 Å². The molecule has 0 aliphatic carbocycles. The number of rotatable bonds is 3. The fraction of sp³-hybridized carbons (Fsp3) is 0. The van der Waals surface area contributed by atoms with Crippen LogP contribution in [0.5, 0.6) is 0 Å². The Morgan fingerprint density at radius 3 is 2.86 bits per heavy atom. The fourth-order valence-electron chi connectivity index (χ4n) is 3.24. The van der Waals surface area contributed by atoms with Gasteiger partial charge in [-0.2, -0.15) is 10.2 Å². The molecule has 0 radical (unpaired) electrons. The van der Waals surface area contributed by atoms with Gasteiger partial charge in [0.1, 0.15) is 22.4 Å². The molecule has 0 unspecified atom stereocenters. The summed E-state index contributed by atoms with van der Waals surface area (Å²) in [6.07, 6.45) is 7.33. The predicted octanol–water partition coefficient (Wildman–Crippen LogP) is 3.29. The highest BCUT2D eigenvalue weighted by atomic mass is 15.2. The normalized spacial score (nSPS) is 11.6. The minimum atomic E-state index is 0.530. The van der Waals surface area contributed by atoms with E-state index in [1.54, 1.807) is 12.4 Å². The van der Waals surface area contributed by atoms with Crippen LogP contribution in [0.25, 0.3) is 39.1 Å². The van der Waals surface area contributed by atoms with Crippen molar-refractivity contribution in [3.05, 3.63) is 61.2 Å². The molecule has 0 saturated carbocycles. The minimum absolute atomic E-state index is 0.530. The van der Waals surface area contributed by atoms with Crippen LogP contribution < -0.4 is 5.32 Å². The number of anilines is 2. The molecule has 0 bridgehead atoms. The van der Waals surface area contributed by atoms with E-state index in [0.717, 1.165) is 27.8 Å². The van der Waals surface area contributed by atoms with Gasteiger partial charge in [0, 0.05) is 23.5 Å². The Labute approximate surface area is 157 Å². The second-order valence-electron chi connectivity index (χ2n) is 6.42. The quantitative estimate of drug-likeness (QED) is 0.442. The molecule has 9 heteroatoms. The van der Waals surface area contributed by atoms with Crippen molar-refractivity contribution in [2.24, 2.45) is 0 Å². The van der Waals surface area contributed by atoms with Crippen molar-refractivity contribution in [1.82, 2.24) is 39.7 Å². The lowest BCUT2D eigenvalue weighted by atomic mass is 10.2. The number of H-pyrrole nitrogens is 2. The Morgan fingerprint density at radius 2 is 1.89 bits per heavy atom. The Bertz CT molecular complexity index is 1420. The van der Waals surface area contributed by atoms with Gasteiger partial charge < -0.3 is 9.72 Å². The van der Waals surface area contributed by atoms with Crippen molar-refractivity contribution in [1.29, 1.82) is 0 Å². The summed E-state index contributed by atoms with van der Waals surface area (Å²) >= 11 is 0. The molecule has 6 aromatic rings. The van der Waals surface area contributed by atoms with Gasteiger partial charge in [0.15, 0.2) is 11.6 Å². The molecule has 6 rings (SSSR count). The van der Waals surface area contributed by atoms with Gasteiger partial charge in [0.25, 0.3) is 0 Å². The lowest BCUT2D eigenvalue weighted by Crippen LogP contribution is -1.99. The first kappa shape index (κ1) is 14.9. The van der Waals surface area contributed by atoms with Crippen LogP contribution in [-0.4, -0.2) is 39.7 Å². The van der Waals surface area contributed by atoms with E-state index >= 15 is 0 Å². The molecular weight excluding hydrogens is 354 g/mol. The van der Waals surface area contributed by atoms with Gasteiger partial charge in [-0.05, 0) is 30.3 Å². The Morgan fingerprint density at radius 1 is 0.929 bits per heavy atom. The van der Waals surface area contributed by atoms with Crippen LogP contribution in [0, 0.1) is 0 Å². The number of aromatic nitrogens is 8. The SMILES string of the molecule is c1ccn2cc(-c3nc(Nc4ccc5cn[nH]c5c4)c4[nH]ncc4n3)nc2c1. The van der Waals surface area contributed by atoms with Crippen LogP contribution in [0.3, 0.4) is 0 Å². The minimum Gasteiger partial charge on any atom is -0.338 e. The first-order valence-corrected chi connectivity index (χ1v) is 8.69. The van der Waals surface area contributed by atoms with Crippen molar-refractivity contribution < 1.29 is 0 Å². The van der Waals surface area contributed by atoms with Crippen LogP contribution in [-0.2, 0) is 0 Å². The highest BCUT2D eigenvalue weighted by molar-refractivity contribution is 5.90. The first-order valence-electron chi connectivity index (χ1n) is 8.69. The van der Waals surface area contributed by atoms with E-state index in [0.29, 0.717) is 22.9 Å². The Balaban J connectivity index is 1.48. The topological polar surface area (TPSA) is 112 Å². The zero-order chi connectivity index (χ0) is 18.5. The third-order valence-corrected chi connectivity index (χ3v) is 4.60. The number of aromatic amines is 2. The van der Waals surface area contributed by atoms with E-state index in [-0.39, 0.29) is 0 Å². The number of hydrogen-bond acceptors (Lipinski definition) is 6. The number of benzene rings is 1. The average Bonchev–Trinajstić information content (AvgIpc) is 3.45. The maximum Gasteiger partial charge on any atom is 0.182 e. The number of pyridine rings is 1. The van der Waals surface area contributed by atoms with Crippen molar-refractivity contribution in [2.45, 2.75) is 0 Å². The summed E-state index contributed by atoms with van der Waals surface area (Å²) in [5.74, 6) is 1.16. The summed E-state index contributed by atoms with van der Waals surface area (Å²) in [5, 5.41) is 18.5. The molecule has 3 N–H and O–H groups in total. The number of hydrogen-bond donors (Lipinski definition) is 3. The summed E-state index contributed by atoms with van der Waals surface area (Å²) in [5.41, 5.74) is 4.81. The number of nitrogens with zero attached hydrogens (tertiary/aromatic N) is 6. The van der Waals surface area contributed by atoms with Crippen LogP contribution in [0.4, 0.5) is 11.5 Å². The molecule has 5 aromatic heterocycles. The molecule has 0 fully saturated rings. The molecule has 1 aromatic carbocycles. The molecule has 28 heavy (non-hydrogen) atoms. The monoisotopic (exact) mass is 367 g/mol. The Kier molecular flexibility index (Phi) is 2.98. The van der Waals surface area contributed by atoms with Crippen molar-refractivity contribution >= 4 is 39.1 Å². The summed E-state index contributed by atoms with van der Waals surface area (Å²) in [6.45, 7) is 0. The summed E-state index contributed by atoms with van der Waals surface area (Å²) in [7, 11) is 0. The van der Waals surface area contributed by atoms with E-state index in [1.807, 2.05) is 53.2 Å². The van der Waals surface area contributed by atoms with Crippen molar-refractivity contribution in [3.63, 3.8) is 0 Å². The molecule has 0 aliphatic heterocycles. The molecule has 5 heterocycles. The maximum absolute atomic E-state index is 4.71. The third-order valence-electron chi connectivity index (χ3n) is 4.60. The Hall–Kier alpha value is -4.27. The van der Waals surface area contributed by atoms with E-state index < -0.39 is 0 Å². The number of imidazole rings is 1. The van der Waals surface area contributed by atoms with Crippen molar-refractivity contribution in [2.75, 3.05) is 5.32 Å². The van der Waals surface area contributed by atoms with E-state index in [2.05, 4.69) is 35.7 Å². The van der Waals surface area contributed by atoms with Gasteiger partial charge in [-0.3, -0.25) is 10.2 Å². The molecule has 0 amide bonds. The smallest absolute Gasteiger partial charge is 0.182 e. The predicted molar refractivity (Wildman–Crippen MR) is 105 cm³/mol. The highest BCUT2D eigenvalue weighted by Crippen LogP contribution is 2.27. The van der Waals surface area contributed by atoms with Gasteiger partial charge >= 0.3 is 0 Å². The molecule has 0 spiro atoms. The van der Waals surface area contributed by atoms with E-state index in [1.165, 1.54) is 0 Å². The average molecular weight is 367 g/mol. The molecule has 0 saturated heterocycles. The highest BCUT2D eigenvalue weighted by Gasteiger charge is 2.14. The summed E-state index contributed by atoms with van der Waals surface area (Å²) in [4.78, 5) is 13.9. The standard InChI is InChI=1S/C19H13N9/c1-2-6-28-10-15(23-16(28)3-1)18-24-14-9-21-27-17(14)19(25-18)22-12-5-4-11-8-20-26-13(11)7-12/h1-10H,(H,20,26)(H,21,27)(H,22,24,25). The van der Waals surface area contributed by atoms with Gasteiger partial charge in [0.05, 0.1) is 17.9 Å². The second-order valence-corrected chi connectivity index (χ2v) is 6.42. The van der Waals surface area contributed by atoms with E-state index in [9.17, 15) is 0 Å². The van der Waals surface area contributed by atoms with Gasteiger partial charge in [-0.1, -0.05) is 6.07 Å². The fourth-order valence-corrected chi connectivity index (χ4v) is 3.24. The summed E-state index contributed by atoms with van der Waals surface area (Å²) < 4.78 is 1.94. The van der Waals surface area contributed by atoms with Gasteiger partial charge in [-0.15, -0.1) is 0 Å². The third kappa shape index (κ3) is 2.30. The van der Waals surface area contributed by atoms with Crippen LogP contribution in [0.2, 0.25) is 0 Å². The summed E-state index contributed by atoms with van der Waals surface area (Å²) in [6, 6.07) is 11.8. The van der Waals surface area contributed by atoms with Crippen LogP contribution >= 0.6 is 0 Å². The first-order chi connectivity index (χ1) is 13.8. The number of nitrogens with one attached hydrogen (secondary N) is 3. The molecule has 0 aliphatic rings. The number of fused-ring (bicyclic) bond motifs is 3. The van der Waals surface area contributed by atoms with Crippen molar-refractivity contribution in [3.8, 4) is 11.5 Å². The maximum atomic E-state index is 4.71. The zero-order valence-corrected chi connectivity index (χ0v) is 14.5. The molecule has 9 nitrogen and oxygen atoms in total. The van der Waals surface area contributed by atoms with Gasteiger partial charge in [0.2, 0.25) is 0 Å². The molecule has 134 valence electrons. The van der Waals surface area contributed by atoms with Crippen LogP contribution in [0.1, 0.15) is 0 Å². The lowest BCUT2D eigenvalue weighted by molar-refractivity contribution is 1.11. The van der Waals surface area contributed by atoms with Crippen LogP contribution in [0.15, 0.2) is 61.2 Å². The zero-order valence-electron chi connectivity index (χ0n) is 14.5. The van der Waals surface area contributed by atoms with Gasteiger partial charge in [-0.25, -0.2) is 15.0 Å². The molecule has 0 atom stereocenters. The lowest BCUT2D eigenvalue weighted by Gasteiger charge is -2.08. The largest absolute Gasteiger partial charge is 0.338 e. The second kappa shape index (κ2) is 5.61. The molecular formula is C19H13N9.